The third-order valence-corrected chi connectivity index (χ3v) is 2.57. The van der Waals surface area contributed by atoms with Gasteiger partial charge >= 0.3 is 0 Å². The number of benzene rings is 1. The predicted octanol–water partition coefficient (Wildman–Crippen LogP) is 1.56. The highest BCUT2D eigenvalue weighted by molar-refractivity contribution is 5.40. The summed E-state index contributed by atoms with van der Waals surface area (Å²) >= 11 is 0. The van der Waals surface area contributed by atoms with E-state index < -0.39 is 5.60 Å². The Morgan fingerprint density at radius 2 is 2.13 bits per heavy atom. The van der Waals surface area contributed by atoms with E-state index in [1.165, 1.54) is 0 Å². The van der Waals surface area contributed by atoms with Crippen LogP contribution < -0.4 is 10.5 Å². The van der Waals surface area contributed by atoms with Crippen molar-refractivity contribution < 1.29 is 9.84 Å². The van der Waals surface area contributed by atoms with Crippen molar-refractivity contribution in [1.82, 2.24) is 0 Å². The second kappa shape index (κ2) is 4.64. The minimum absolute atomic E-state index is 0.449. The molecule has 0 aliphatic heterocycles. The van der Waals surface area contributed by atoms with Crippen molar-refractivity contribution in [2.24, 2.45) is 5.73 Å². The molecular formula is C12H19NO2. The number of ether oxygens (including phenoxy) is 1. The summed E-state index contributed by atoms with van der Waals surface area (Å²) in [5.41, 5.74) is 6.46. The van der Waals surface area contributed by atoms with Gasteiger partial charge in [0.25, 0.3) is 0 Å². The summed E-state index contributed by atoms with van der Waals surface area (Å²) in [5.74, 6) is 0.707. The van der Waals surface area contributed by atoms with Crippen molar-refractivity contribution in [2.75, 3.05) is 13.7 Å². The number of rotatable bonds is 4. The summed E-state index contributed by atoms with van der Waals surface area (Å²) in [4.78, 5) is 0. The molecule has 1 unspecified atom stereocenters. The number of aliphatic hydroxyl groups is 1. The Hall–Kier alpha value is -1.06. The van der Waals surface area contributed by atoms with Gasteiger partial charge in [0.15, 0.2) is 0 Å². The molecule has 0 fully saturated rings. The largest absolute Gasteiger partial charge is 0.496 e. The molecule has 0 radical (unpaired) electrons. The first-order valence-electron chi connectivity index (χ1n) is 5.09. The first-order chi connectivity index (χ1) is 7.01. The van der Waals surface area contributed by atoms with Crippen LogP contribution in [-0.4, -0.2) is 18.8 Å². The Labute approximate surface area is 90.9 Å². The van der Waals surface area contributed by atoms with Crippen LogP contribution in [0, 0.1) is 6.92 Å². The minimum atomic E-state index is -0.924. The normalized spacial score (nSPS) is 14.7. The van der Waals surface area contributed by atoms with Gasteiger partial charge in [0.05, 0.1) is 12.7 Å². The molecule has 1 atom stereocenters. The van der Waals surface area contributed by atoms with Crippen LogP contribution in [0.5, 0.6) is 5.75 Å². The zero-order valence-corrected chi connectivity index (χ0v) is 9.58. The van der Waals surface area contributed by atoms with Crippen LogP contribution in [0.1, 0.15) is 24.5 Å². The first-order valence-corrected chi connectivity index (χ1v) is 5.09. The van der Waals surface area contributed by atoms with Crippen molar-refractivity contribution in [3.05, 3.63) is 29.3 Å². The minimum Gasteiger partial charge on any atom is -0.496 e. The number of nitrogens with two attached hydrogens (primary N) is 1. The fourth-order valence-corrected chi connectivity index (χ4v) is 1.66. The van der Waals surface area contributed by atoms with Gasteiger partial charge in [-0.1, -0.05) is 11.6 Å². The molecular weight excluding hydrogens is 190 g/mol. The molecule has 0 spiro atoms. The topological polar surface area (TPSA) is 55.5 Å². The number of aryl methyl sites for hydroxylation is 1. The summed E-state index contributed by atoms with van der Waals surface area (Å²) < 4.78 is 5.23. The second-order valence-electron chi connectivity index (χ2n) is 4.02. The zero-order valence-electron chi connectivity index (χ0n) is 9.58. The molecule has 0 saturated carbocycles. The average molecular weight is 209 g/mol. The van der Waals surface area contributed by atoms with E-state index in [9.17, 15) is 5.11 Å². The van der Waals surface area contributed by atoms with Gasteiger partial charge in [-0.3, -0.25) is 0 Å². The van der Waals surface area contributed by atoms with Gasteiger partial charge in [0.2, 0.25) is 0 Å². The Morgan fingerprint density at radius 3 is 2.67 bits per heavy atom. The molecule has 0 bridgehead atoms. The van der Waals surface area contributed by atoms with Crippen molar-refractivity contribution in [2.45, 2.75) is 25.9 Å². The molecule has 3 N–H and O–H groups in total. The molecule has 0 amide bonds. The predicted molar refractivity (Wildman–Crippen MR) is 61.0 cm³/mol. The lowest BCUT2D eigenvalue weighted by molar-refractivity contribution is 0.0478. The van der Waals surface area contributed by atoms with Crippen LogP contribution in [-0.2, 0) is 5.60 Å². The van der Waals surface area contributed by atoms with E-state index in [2.05, 4.69) is 0 Å². The van der Waals surface area contributed by atoms with Gasteiger partial charge in [-0.15, -0.1) is 0 Å². The summed E-state index contributed by atoms with van der Waals surface area (Å²) in [5, 5.41) is 10.3. The average Bonchev–Trinajstić information content (AvgIpc) is 2.17. The lowest BCUT2D eigenvalue weighted by Gasteiger charge is -2.25. The first kappa shape index (κ1) is 12.0. The molecule has 0 saturated heterocycles. The smallest absolute Gasteiger partial charge is 0.124 e. The van der Waals surface area contributed by atoms with Gasteiger partial charge < -0.3 is 15.6 Å². The highest BCUT2D eigenvalue weighted by atomic mass is 16.5. The van der Waals surface area contributed by atoms with E-state index in [-0.39, 0.29) is 0 Å². The van der Waals surface area contributed by atoms with E-state index in [4.69, 9.17) is 10.5 Å². The maximum absolute atomic E-state index is 10.3. The van der Waals surface area contributed by atoms with Crippen LogP contribution in [0.4, 0.5) is 0 Å². The van der Waals surface area contributed by atoms with Gasteiger partial charge in [-0.05, 0) is 38.9 Å². The number of methoxy groups -OCH3 is 1. The number of hydrogen-bond donors (Lipinski definition) is 2. The zero-order chi connectivity index (χ0) is 11.5. The maximum atomic E-state index is 10.3. The lowest BCUT2D eigenvalue weighted by atomic mass is 9.90. The van der Waals surface area contributed by atoms with E-state index in [0.29, 0.717) is 18.7 Å². The highest BCUT2D eigenvalue weighted by Crippen LogP contribution is 2.32. The van der Waals surface area contributed by atoms with Crippen LogP contribution in [0.2, 0.25) is 0 Å². The van der Waals surface area contributed by atoms with Crippen molar-refractivity contribution in [3.8, 4) is 5.75 Å². The molecule has 1 rings (SSSR count). The molecule has 3 heteroatoms. The summed E-state index contributed by atoms with van der Waals surface area (Å²) in [6, 6.07) is 5.77. The van der Waals surface area contributed by atoms with Crippen LogP contribution in [0.25, 0.3) is 0 Å². The van der Waals surface area contributed by atoms with Crippen LogP contribution in [0.3, 0.4) is 0 Å². The second-order valence-corrected chi connectivity index (χ2v) is 4.02. The Kier molecular flexibility index (Phi) is 3.72. The van der Waals surface area contributed by atoms with Crippen molar-refractivity contribution in [3.63, 3.8) is 0 Å². The van der Waals surface area contributed by atoms with E-state index in [1.54, 1.807) is 14.0 Å². The monoisotopic (exact) mass is 209 g/mol. The Bertz CT molecular complexity index is 334. The van der Waals surface area contributed by atoms with Gasteiger partial charge in [0.1, 0.15) is 5.75 Å². The fraction of sp³-hybridized carbons (Fsp3) is 0.500. The van der Waals surface area contributed by atoms with E-state index in [1.807, 2.05) is 25.1 Å². The molecule has 0 aromatic heterocycles. The van der Waals surface area contributed by atoms with Gasteiger partial charge in [-0.25, -0.2) is 0 Å². The van der Waals surface area contributed by atoms with Crippen LogP contribution >= 0.6 is 0 Å². The molecule has 0 aliphatic rings. The molecule has 15 heavy (non-hydrogen) atoms. The fourth-order valence-electron chi connectivity index (χ4n) is 1.66. The van der Waals surface area contributed by atoms with E-state index >= 15 is 0 Å². The third-order valence-electron chi connectivity index (χ3n) is 2.57. The molecule has 3 nitrogen and oxygen atoms in total. The molecule has 1 aromatic rings. The van der Waals surface area contributed by atoms with Gasteiger partial charge in [0, 0.05) is 5.56 Å². The summed E-state index contributed by atoms with van der Waals surface area (Å²) in [6.45, 7) is 4.20. The summed E-state index contributed by atoms with van der Waals surface area (Å²) in [7, 11) is 1.60. The Morgan fingerprint density at radius 1 is 1.47 bits per heavy atom. The maximum Gasteiger partial charge on any atom is 0.124 e. The highest BCUT2D eigenvalue weighted by Gasteiger charge is 2.25. The molecule has 84 valence electrons. The van der Waals surface area contributed by atoms with Crippen molar-refractivity contribution >= 4 is 0 Å². The Balaban J connectivity index is 3.15. The summed E-state index contributed by atoms with van der Waals surface area (Å²) in [6.07, 6.45) is 0.521. The SMILES string of the molecule is COc1ccc(C)cc1C(C)(O)CCN. The molecule has 0 aliphatic carbocycles. The van der Waals surface area contributed by atoms with Gasteiger partial charge in [-0.2, -0.15) is 0 Å². The van der Waals surface area contributed by atoms with Crippen molar-refractivity contribution in [1.29, 1.82) is 0 Å². The van der Waals surface area contributed by atoms with Crippen LogP contribution in [0.15, 0.2) is 18.2 Å². The van der Waals surface area contributed by atoms with E-state index in [0.717, 1.165) is 11.1 Å². The third kappa shape index (κ3) is 2.70. The molecule has 0 heterocycles. The molecule has 1 aromatic carbocycles. The quantitative estimate of drug-likeness (QED) is 0.791. The standard InChI is InChI=1S/C12H19NO2/c1-9-4-5-11(15-3)10(8-9)12(2,14)6-7-13/h4-5,8,14H,6-7,13H2,1-3H3. The number of hydrogen-bond acceptors (Lipinski definition) is 3. The lowest BCUT2D eigenvalue weighted by Crippen LogP contribution is -2.25.